The van der Waals surface area contributed by atoms with Crippen LogP contribution in [0.2, 0.25) is 0 Å². The number of nitrogens with zero attached hydrogens (tertiary/aromatic N) is 3. The number of carbonyl (C=O) groups is 2. The summed E-state index contributed by atoms with van der Waals surface area (Å²) in [5, 5.41) is 0.800. The Bertz CT molecular complexity index is 634. The van der Waals surface area contributed by atoms with Crippen molar-refractivity contribution in [3.05, 3.63) is 24.3 Å². The van der Waals surface area contributed by atoms with E-state index in [1.165, 1.54) is 4.90 Å². The zero-order valence-corrected chi connectivity index (χ0v) is 13.5. The SMILES string of the molecule is CC(C(N)=O)C1CN(c2cccc(N3CCN(F)CC3)c2)C(=O)O1. The predicted octanol–water partition coefficient (Wildman–Crippen LogP) is 1.14. The zero-order chi connectivity index (χ0) is 17.3. The lowest BCUT2D eigenvalue weighted by Crippen LogP contribution is -2.42. The summed E-state index contributed by atoms with van der Waals surface area (Å²) < 4.78 is 18.4. The first-order chi connectivity index (χ1) is 11.5. The first-order valence-corrected chi connectivity index (χ1v) is 7.99. The number of hydrogen-bond acceptors (Lipinski definition) is 5. The molecule has 7 nitrogen and oxygen atoms in total. The molecule has 2 amide bonds. The first-order valence-electron chi connectivity index (χ1n) is 7.99. The monoisotopic (exact) mass is 336 g/mol. The number of rotatable bonds is 4. The average Bonchev–Trinajstić information content (AvgIpc) is 2.96. The Kier molecular flexibility index (Phi) is 4.57. The fourth-order valence-corrected chi connectivity index (χ4v) is 2.94. The molecule has 0 radical (unpaired) electrons. The molecule has 2 heterocycles. The van der Waals surface area contributed by atoms with Gasteiger partial charge in [0.25, 0.3) is 0 Å². The van der Waals surface area contributed by atoms with Gasteiger partial charge in [0, 0.05) is 37.6 Å². The van der Waals surface area contributed by atoms with Crippen molar-refractivity contribution in [2.75, 3.05) is 42.5 Å². The van der Waals surface area contributed by atoms with Gasteiger partial charge in [0.1, 0.15) is 6.10 Å². The van der Waals surface area contributed by atoms with Crippen LogP contribution in [0.5, 0.6) is 0 Å². The van der Waals surface area contributed by atoms with Gasteiger partial charge in [-0.2, -0.15) is 0 Å². The van der Waals surface area contributed by atoms with Crippen molar-refractivity contribution in [2.45, 2.75) is 13.0 Å². The summed E-state index contributed by atoms with van der Waals surface area (Å²) in [5.41, 5.74) is 6.91. The van der Waals surface area contributed by atoms with Crippen molar-refractivity contribution in [2.24, 2.45) is 11.7 Å². The number of halogens is 1. The molecule has 1 aromatic carbocycles. The van der Waals surface area contributed by atoms with E-state index in [4.69, 9.17) is 10.5 Å². The van der Waals surface area contributed by atoms with E-state index in [9.17, 15) is 14.1 Å². The number of carbonyl (C=O) groups excluding carboxylic acids is 2. The Labute approximate surface area is 139 Å². The van der Waals surface area contributed by atoms with E-state index in [1.807, 2.05) is 24.3 Å². The van der Waals surface area contributed by atoms with E-state index >= 15 is 0 Å². The quantitative estimate of drug-likeness (QED) is 0.834. The number of nitrogens with two attached hydrogens (primary N) is 1. The van der Waals surface area contributed by atoms with Crippen LogP contribution >= 0.6 is 0 Å². The van der Waals surface area contributed by atoms with Gasteiger partial charge in [0.2, 0.25) is 5.91 Å². The molecule has 8 heteroatoms. The maximum absolute atomic E-state index is 13.1. The van der Waals surface area contributed by atoms with E-state index in [0.717, 1.165) is 10.8 Å². The minimum atomic E-state index is -0.547. The van der Waals surface area contributed by atoms with Gasteiger partial charge in [-0.1, -0.05) is 6.07 Å². The van der Waals surface area contributed by atoms with Crippen molar-refractivity contribution in [3.63, 3.8) is 0 Å². The third-order valence-electron chi connectivity index (χ3n) is 4.57. The lowest BCUT2D eigenvalue weighted by atomic mass is 10.0. The van der Waals surface area contributed by atoms with Crippen LogP contribution < -0.4 is 15.5 Å². The summed E-state index contributed by atoms with van der Waals surface area (Å²) in [5.74, 6) is -1.03. The maximum atomic E-state index is 13.1. The van der Waals surface area contributed by atoms with Crippen LogP contribution in [0, 0.1) is 5.92 Å². The number of hydrogen-bond donors (Lipinski definition) is 1. The standard InChI is InChI=1S/C16H21FN4O3/c1-11(15(18)22)14-10-21(16(23)24-14)13-4-2-3-12(9-13)19-5-7-20(17)8-6-19/h2-4,9,11,14H,5-8,10H2,1H3,(H2,18,22). The fraction of sp³-hybridized carbons (Fsp3) is 0.500. The zero-order valence-electron chi connectivity index (χ0n) is 13.5. The summed E-state index contributed by atoms with van der Waals surface area (Å²) in [6.07, 6.45) is -1.03. The second kappa shape index (κ2) is 6.64. The molecular formula is C16H21FN4O3. The van der Waals surface area contributed by atoms with E-state index < -0.39 is 24.0 Å². The molecule has 24 heavy (non-hydrogen) atoms. The third kappa shape index (κ3) is 3.28. The Hall–Kier alpha value is -2.35. The number of cyclic esters (lactones) is 1. The molecule has 0 bridgehead atoms. The van der Waals surface area contributed by atoms with Crippen LogP contribution in [-0.2, 0) is 9.53 Å². The molecule has 130 valence electrons. The van der Waals surface area contributed by atoms with Crippen LogP contribution in [0.15, 0.2) is 24.3 Å². The van der Waals surface area contributed by atoms with Gasteiger partial charge in [-0.05, 0) is 25.1 Å². The molecule has 2 fully saturated rings. The van der Waals surface area contributed by atoms with E-state index in [0.29, 0.717) is 31.9 Å². The van der Waals surface area contributed by atoms with Gasteiger partial charge in [0.05, 0.1) is 12.5 Å². The molecule has 2 aliphatic rings. The lowest BCUT2D eigenvalue weighted by molar-refractivity contribution is -0.123. The number of anilines is 2. The summed E-state index contributed by atoms with van der Waals surface area (Å²) in [4.78, 5) is 27.0. The minimum Gasteiger partial charge on any atom is -0.443 e. The van der Waals surface area contributed by atoms with Crippen LogP contribution in [0.4, 0.5) is 20.7 Å². The molecule has 0 saturated carbocycles. The van der Waals surface area contributed by atoms with Crippen molar-refractivity contribution in [1.29, 1.82) is 0 Å². The van der Waals surface area contributed by atoms with E-state index in [1.54, 1.807) is 6.92 Å². The van der Waals surface area contributed by atoms with Crippen molar-refractivity contribution in [3.8, 4) is 0 Å². The lowest BCUT2D eigenvalue weighted by Gasteiger charge is -2.32. The second-order valence-electron chi connectivity index (χ2n) is 6.14. The molecule has 2 unspecified atom stereocenters. The van der Waals surface area contributed by atoms with Gasteiger partial charge < -0.3 is 15.4 Å². The van der Waals surface area contributed by atoms with Crippen LogP contribution in [0.3, 0.4) is 0 Å². The molecule has 2 saturated heterocycles. The summed E-state index contributed by atoms with van der Waals surface area (Å²) in [6.45, 7) is 3.82. The molecule has 2 aliphatic heterocycles. The Morgan fingerprint density at radius 1 is 1.29 bits per heavy atom. The van der Waals surface area contributed by atoms with Crippen molar-refractivity contribution >= 4 is 23.4 Å². The van der Waals surface area contributed by atoms with Gasteiger partial charge in [-0.3, -0.25) is 9.69 Å². The van der Waals surface area contributed by atoms with Crippen LogP contribution in [0.25, 0.3) is 0 Å². The van der Waals surface area contributed by atoms with Crippen LogP contribution in [-0.4, -0.2) is 56.0 Å². The molecule has 0 aliphatic carbocycles. The molecule has 0 spiro atoms. The highest BCUT2D eigenvalue weighted by Crippen LogP contribution is 2.28. The smallest absolute Gasteiger partial charge is 0.414 e. The summed E-state index contributed by atoms with van der Waals surface area (Å²) in [7, 11) is 0. The Morgan fingerprint density at radius 2 is 1.96 bits per heavy atom. The van der Waals surface area contributed by atoms with Crippen molar-refractivity contribution < 1.29 is 18.8 Å². The molecule has 2 atom stereocenters. The van der Waals surface area contributed by atoms with Gasteiger partial charge >= 0.3 is 6.09 Å². The van der Waals surface area contributed by atoms with Crippen molar-refractivity contribution in [1.82, 2.24) is 5.12 Å². The Morgan fingerprint density at radius 3 is 2.62 bits per heavy atom. The minimum absolute atomic E-state index is 0.282. The van der Waals surface area contributed by atoms with Gasteiger partial charge in [-0.25, -0.2) is 4.79 Å². The second-order valence-corrected chi connectivity index (χ2v) is 6.14. The predicted molar refractivity (Wildman–Crippen MR) is 87.3 cm³/mol. The van der Waals surface area contributed by atoms with Gasteiger partial charge in [-0.15, -0.1) is 9.60 Å². The first kappa shape index (κ1) is 16.5. The maximum Gasteiger partial charge on any atom is 0.414 e. The van der Waals surface area contributed by atoms with Gasteiger partial charge in [0.15, 0.2) is 0 Å². The molecule has 3 rings (SSSR count). The fourth-order valence-electron chi connectivity index (χ4n) is 2.94. The molecule has 2 N–H and O–H groups in total. The summed E-state index contributed by atoms with van der Waals surface area (Å²) >= 11 is 0. The normalized spacial score (nSPS) is 23.2. The topological polar surface area (TPSA) is 79.1 Å². The Balaban J connectivity index is 1.74. The third-order valence-corrected chi connectivity index (χ3v) is 4.57. The number of primary amides is 1. The van der Waals surface area contributed by atoms with E-state index in [-0.39, 0.29) is 6.54 Å². The molecular weight excluding hydrogens is 315 g/mol. The largest absolute Gasteiger partial charge is 0.443 e. The molecule has 1 aromatic rings. The average molecular weight is 336 g/mol. The highest BCUT2D eigenvalue weighted by atomic mass is 19.2. The molecule has 0 aromatic heterocycles. The highest BCUT2D eigenvalue weighted by molar-refractivity contribution is 5.91. The van der Waals surface area contributed by atoms with E-state index in [2.05, 4.69) is 4.90 Å². The number of amides is 2. The number of ether oxygens (including phenoxy) is 1. The number of piperazine rings is 1. The highest BCUT2D eigenvalue weighted by Gasteiger charge is 2.37. The van der Waals surface area contributed by atoms with Crippen LogP contribution in [0.1, 0.15) is 6.92 Å². The number of benzene rings is 1. The summed E-state index contributed by atoms with van der Waals surface area (Å²) in [6, 6.07) is 7.48.